The van der Waals surface area contributed by atoms with Crippen LogP contribution in [0, 0.1) is 0 Å². The number of aliphatic imine (C=N–C) groups is 1. The van der Waals surface area contributed by atoms with Crippen molar-refractivity contribution in [2.24, 2.45) is 4.99 Å². The second-order valence-corrected chi connectivity index (χ2v) is 8.66. The predicted molar refractivity (Wildman–Crippen MR) is 109 cm³/mol. The van der Waals surface area contributed by atoms with Crippen LogP contribution in [-0.4, -0.2) is 16.2 Å². The smallest absolute Gasteiger partial charge is 0.0729 e. The predicted octanol–water partition coefficient (Wildman–Crippen LogP) is 5.90. The van der Waals surface area contributed by atoms with Gasteiger partial charge in [-0.25, -0.2) is 0 Å². The van der Waals surface area contributed by atoms with E-state index in [0.717, 1.165) is 26.7 Å². The third-order valence-corrected chi connectivity index (χ3v) is 6.20. The molecule has 0 saturated heterocycles. The number of hydrogen-bond donors (Lipinski definition) is 0. The summed E-state index contributed by atoms with van der Waals surface area (Å²) in [6.45, 7) is 8.99. The summed E-state index contributed by atoms with van der Waals surface area (Å²) in [5.74, 6) is 0. The van der Waals surface area contributed by atoms with Crippen LogP contribution in [0.1, 0.15) is 44.4 Å². The first-order valence-electron chi connectivity index (χ1n) is 8.55. The van der Waals surface area contributed by atoms with E-state index in [0.29, 0.717) is 0 Å². The molecule has 1 aliphatic heterocycles. The van der Waals surface area contributed by atoms with Gasteiger partial charge in [-0.15, -0.1) is 0 Å². The zero-order chi connectivity index (χ0) is 17.8. The molecular formula is C22H21BrN2. The van der Waals surface area contributed by atoms with E-state index < -0.39 is 0 Å². The molecule has 0 amide bonds. The van der Waals surface area contributed by atoms with Gasteiger partial charge in [0.15, 0.2) is 0 Å². The van der Waals surface area contributed by atoms with Gasteiger partial charge in [-0.05, 0) is 43.7 Å². The molecule has 3 heteroatoms. The van der Waals surface area contributed by atoms with Gasteiger partial charge in [0.25, 0.3) is 0 Å². The summed E-state index contributed by atoms with van der Waals surface area (Å²) < 4.78 is 1.11. The van der Waals surface area contributed by atoms with Crippen LogP contribution in [0.25, 0.3) is 10.9 Å². The van der Waals surface area contributed by atoms with E-state index in [1.165, 1.54) is 11.1 Å². The number of rotatable bonds is 1. The summed E-state index contributed by atoms with van der Waals surface area (Å²) in [5.41, 5.74) is 5.47. The first-order valence-corrected chi connectivity index (χ1v) is 9.34. The lowest BCUT2D eigenvalue weighted by Crippen LogP contribution is -2.46. The third kappa shape index (κ3) is 2.53. The summed E-state index contributed by atoms with van der Waals surface area (Å²) in [6, 6.07) is 17.0. The molecule has 126 valence electrons. The Morgan fingerprint density at radius 2 is 1.72 bits per heavy atom. The molecule has 0 bridgehead atoms. The molecule has 4 rings (SSSR count). The second kappa shape index (κ2) is 5.50. The summed E-state index contributed by atoms with van der Waals surface area (Å²) in [4.78, 5) is 9.70. The Bertz CT molecular complexity index is 1020. The van der Waals surface area contributed by atoms with Crippen LogP contribution >= 0.6 is 15.9 Å². The molecular weight excluding hydrogens is 372 g/mol. The van der Waals surface area contributed by atoms with Crippen LogP contribution in [0.2, 0.25) is 0 Å². The monoisotopic (exact) mass is 392 g/mol. The Morgan fingerprint density at radius 1 is 0.920 bits per heavy atom. The summed E-state index contributed by atoms with van der Waals surface area (Å²) in [7, 11) is 0. The number of fused-ring (bicyclic) bond motifs is 2. The largest absolute Gasteiger partial charge is 0.277 e. The first-order chi connectivity index (χ1) is 11.8. The number of pyridine rings is 1. The highest BCUT2D eigenvalue weighted by Crippen LogP contribution is 2.44. The van der Waals surface area contributed by atoms with E-state index in [2.05, 4.69) is 91.1 Å². The van der Waals surface area contributed by atoms with Crippen molar-refractivity contribution in [2.75, 3.05) is 0 Å². The molecule has 0 aliphatic carbocycles. The molecule has 25 heavy (non-hydrogen) atoms. The summed E-state index contributed by atoms with van der Waals surface area (Å²) in [6.07, 6.45) is 1.84. The first kappa shape index (κ1) is 16.5. The summed E-state index contributed by atoms with van der Waals surface area (Å²) in [5, 5.41) is 1.15. The fourth-order valence-corrected chi connectivity index (χ4v) is 3.84. The molecule has 0 radical (unpaired) electrons. The standard InChI is InChI=1S/C22H21BrN2/c1-21(2)18-13-16(23)9-10-17(18)20(25-22(21,3)4)15-8-7-14-6-5-11-24-19(14)12-15/h5-13H,1-4H3. The van der Waals surface area contributed by atoms with Crippen LogP contribution in [0.3, 0.4) is 0 Å². The minimum absolute atomic E-state index is 0.0509. The maximum absolute atomic E-state index is 5.19. The van der Waals surface area contributed by atoms with Gasteiger partial charge in [0, 0.05) is 32.6 Å². The highest BCUT2D eigenvalue weighted by molar-refractivity contribution is 9.10. The molecule has 2 heterocycles. The van der Waals surface area contributed by atoms with Crippen LogP contribution in [0.5, 0.6) is 0 Å². The van der Waals surface area contributed by atoms with E-state index in [-0.39, 0.29) is 11.0 Å². The molecule has 2 aromatic carbocycles. The van der Waals surface area contributed by atoms with Crippen molar-refractivity contribution in [2.45, 2.75) is 38.6 Å². The molecule has 2 nitrogen and oxygen atoms in total. The molecule has 0 atom stereocenters. The van der Waals surface area contributed by atoms with Gasteiger partial charge in [0.05, 0.1) is 16.8 Å². The van der Waals surface area contributed by atoms with Gasteiger partial charge in [0.1, 0.15) is 0 Å². The number of aromatic nitrogens is 1. The van der Waals surface area contributed by atoms with Gasteiger partial charge in [-0.3, -0.25) is 9.98 Å². The number of nitrogens with zero attached hydrogens (tertiary/aromatic N) is 2. The number of benzene rings is 2. The van der Waals surface area contributed by atoms with E-state index in [1.807, 2.05) is 12.3 Å². The Labute approximate surface area is 157 Å². The maximum Gasteiger partial charge on any atom is 0.0729 e. The van der Waals surface area contributed by atoms with Crippen molar-refractivity contribution < 1.29 is 0 Å². The lowest BCUT2D eigenvalue weighted by atomic mass is 9.66. The third-order valence-electron chi connectivity index (χ3n) is 5.71. The molecule has 0 unspecified atom stereocenters. The van der Waals surface area contributed by atoms with E-state index in [4.69, 9.17) is 4.99 Å². The number of hydrogen-bond acceptors (Lipinski definition) is 2. The Balaban J connectivity index is 1.98. The topological polar surface area (TPSA) is 25.2 Å². The van der Waals surface area contributed by atoms with E-state index in [1.54, 1.807) is 0 Å². The molecule has 0 fully saturated rings. The highest BCUT2D eigenvalue weighted by Gasteiger charge is 2.43. The van der Waals surface area contributed by atoms with Crippen molar-refractivity contribution in [1.82, 2.24) is 4.98 Å². The molecule has 1 aliphatic rings. The minimum Gasteiger partial charge on any atom is -0.277 e. The molecule has 0 spiro atoms. The van der Waals surface area contributed by atoms with Gasteiger partial charge >= 0.3 is 0 Å². The van der Waals surface area contributed by atoms with Crippen molar-refractivity contribution in [3.8, 4) is 0 Å². The molecule has 3 aromatic rings. The Hall–Kier alpha value is -2.00. The second-order valence-electron chi connectivity index (χ2n) is 7.75. The zero-order valence-corrected chi connectivity index (χ0v) is 16.6. The average Bonchev–Trinajstić information content (AvgIpc) is 2.58. The van der Waals surface area contributed by atoms with Gasteiger partial charge in [-0.1, -0.05) is 54.0 Å². The fourth-order valence-electron chi connectivity index (χ4n) is 3.48. The number of halogens is 1. The van der Waals surface area contributed by atoms with Gasteiger partial charge in [-0.2, -0.15) is 0 Å². The highest BCUT2D eigenvalue weighted by atomic mass is 79.9. The van der Waals surface area contributed by atoms with Crippen molar-refractivity contribution in [1.29, 1.82) is 0 Å². The molecule has 0 N–H and O–H groups in total. The van der Waals surface area contributed by atoms with Gasteiger partial charge in [0.2, 0.25) is 0 Å². The molecule has 1 aromatic heterocycles. The normalized spacial score (nSPS) is 17.9. The van der Waals surface area contributed by atoms with Crippen molar-refractivity contribution >= 4 is 32.5 Å². The van der Waals surface area contributed by atoms with Gasteiger partial charge < -0.3 is 0 Å². The zero-order valence-electron chi connectivity index (χ0n) is 15.0. The fraction of sp³-hybridized carbons (Fsp3) is 0.273. The lowest BCUT2D eigenvalue weighted by molar-refractivity contribution is 0.303. The van der Waals surface area contributed by atoms with Crippen molar-refractivity contribution in [3.05, 3.63) is 75.9 Å². The maximum atomic E-state index is 5.19. The van der Waals surface area contributed by atoms with Crippen LogP contribution in [-0.2, 0) is 5.41 Å². The Kier molecular flexibility index (Phi) is 3.62. The summed E-state index contributed by atoms with van der Waals surface area (Å²) >= 11 is 3.64. The van der Waals surface area contributed by atoms with Crippen molar-refractivity contribution in [3.63, 3.8) is 0 Å². The van der Waals surface area contributed by atoms with Crippen LogP contribution < -0.4 is 0 Å². The Morgan fingerprint density at radius 3 is 2.52 bits per heavy atom. The minimum atomic E-state index is -0.199. The van der Waals surface area contributed by atoms with E-state index in [9.17, 15) is 0 Å². The van der Waals surface area contributed by atoms with Crippen LogP contribution in [0.4, 0.5) is 0 Å². The lowest BCUT2D eigenvalue weighted by Gasteiger charge is -2.44. The SMILES string of the molecule is CC1(C)N=C(c2ccc3cccnc3c2)c2ccc(Br)cc2C1(C)C. The average molecular weight is 393 g/mol. The quantitative estimate of drug-likeness (QED) is 0.505. The molecule has 0 saturated carbocycles. The van der Waals surface area contributed by atoms with E-state index >= 15 is 0 Å². The van der Waals surface area contributed by atoms with Crippen LogP contribution in [0.15, 0.2) is 64.2 Å².